The molecule has 0 radical (unpaired) electrons. The lowest BCUT2D eigenvalue weighted by molar-refractivity contribution is 0.102. The molecule has 0 aliphatic rings. The Balaban J connectivity index is 2.13. The van der Waals surface area contributed by atoms with Crippen LogP contribution in [0, 0.1) is 13.8 Å². The number of rotatable bonds is 5. The Hall–Kier alpha value is -0.980. The van der Waals surface area contributed by atoms with Gasteiger partial charge in [-0.15, -0.1) is 11.3 Å². The minimum atomic E-state index is -3.46. The summed E-state index contributed by atoms with van der Waals surface area (Å²) in [5.74, 6) is -0.907. The molecule has 3 nitrogen and oxygen atoms in total. The number of hydrogen-bond donors (Lipinski definition) is 0. The molecule has 112 valence electrons. The SMILES string of the molecule is Cc1cc(C)cc(CS(=O)(=O)CC(=O)c2ccc(Br)s2)c1. The standard InChI is InChI=1S/C15H15BrO3S2/c1-10-5-11(2)7-12(6-10)8-21(18,19)9-13(17)14-3-4-15(16)20-14/h3-7H,8-9H2,1-2H3. The zero-order valence-corrected chi connectivity index (χ0v) is 14.9. The van der Waals surface area contributed by atoms with E-state index in [0.717, 1.165) is 20.5 Å². The number of hydrogen-bond acceptors (Lipinski definition) is 4. The molecule has 0 N–H and O–H groups in total. The highest BCUT2D eigenvalue weighted by Crippen LogP contribution is 2.23. The summed E-state index contributed by atoms with van der Waals surface area (Å²) < 4.78 is 25.2. The average molecular weight is 387 g/mol. The van der Waals surface area contributed by atoms with Crippen molar-refractivity contribution in [3.8, 4) is 0 Å². The van der Waals surface area contributed by atoms with Gasteiger partial charge in [-0.2, -0.15) is 0 Å². The van der Waals surface area contributed by atoms with E-state index in [0.29, 0.717) is 4.88 Å². The number of Topliss-reactive ketones (excluding diaryl/α,β-unsaturated/α-hetero) is 1. The fourth-order valence-electron chi connectivity index (χ4n) is 2.19. The highest BCUT2D eigenvalue weighted by Gasteiger charge is 2.20. The van der Waals surface area contributed by atoms with Crippen molar-refractivity contribution in [1.82, 2.24) is 0 Å². The van der Waals surface area contributed by atoms with Crippen LogP contribution >= 0.6 is 27.3 Å². The maximum absolute atomic E-state index is 12.2. The lowest BCUT2D eigenvalue weighted by Crippen LogP contribution is -2.17. The molecule has 2 aromatic rings. The van der Waals surface area contributed by atoms with Crippen LogP contribution in [0.3, 0.4) is 0 Å². The molecule has 0 atom stereocenters. The number of sulfone groups is 1. The number of carbonyl (C=O) groups excluding carboxylic acids is 1. The van der Waals surface area contributed by atoms with E-state index < -0.39 is 15.6 Å². The Morgan fingerprint density at radius 2 is 1.76 bits per heavy atom. The van der Waals surface area contributed by atoms with Crippen LogP contribution in [0.4, 0.5) is 0 Å². The predicted molar refractivity (Wildman–Crippen MR) is 89.8 cm³/mol. The van der Waals surface area contributed by atoms with E-state index in [1.807, 2.05) is 32.0 Å². The zero-order valence-electron chi connectivity index (χ0n) is 11.7. The molecule has 0 aliphatic carbocycles. The number of aryl methyl sites for hydroxylation is 2. The Kier molecular flexibility index (Phi) is 5.01. The van der Waals surface area contributed by atoms with Crippen LogP contribution in [0.1, 0.15) is 26.4 Å². The van der Waals surface area contributed by atoms with Gasteiger partial charge in [-0.05, 0) is 47.5 Å². The normalized spacial score (nSPS) is 11.6. The second-order valence-electron chi connectivity index (χ2n) is 5.06. The third kappa shape index (κ3) is 4.76. The second kappa shape index (κ2) is 6.42. The first-order chi connectivity index (χ1) is 9.75. The molecule has 0 fully saturated rings. The highest BCUT2D eigenvalue weighted by atomic mass is 79.9. The molecule has 1 heterocycles. The van der Waals surface area contributed by atoms with Gasteiger partial charge in [-0.1, -0.05) is 29.3 Å². The van der Waals surface area contributed by atoms with Crippen molar-refractivity contribution >= 4 is 42.9 Å². The monoisotopic (exact) mass is 386 g/mol. The summed E-state index contributed by atoms with van der Waals surface area (Å²) in [4.78, 5) is 12.5. The van der Waals surface area contributed by atoms with Gasteiger partial charge in [0, 0.05) is 0 Å². The van der Waals surface area contributed by atoms with E-state index in [9.17, 15) is 13.2 Å². The van der Waals surface area contributed by atoms with Gasteiger partial charge in [0.2, 0.25) is 0 Å². The minimum absolute atomic E-state index is 0.103. The Morgan fingerprint density at radius 1 is 1.14 bits per heavy atom. The van der Waals surface area contributed by atoms with Gasteiger partial charge >= 0.3 is 0 Å². The molecule has 0 saturated carbocycles. The molecule has 21 heavy (non-hydrogen) atoms. The van der Waals surface area contributed by atoms with Gasteiger partial charge in [-0.25, -0.2) is 8.42 Å². The largest absolute Gasteiger partial charge is 0.292 e. The van der Waals surface area contributed by atoms with E-state index in [1.54, 1.807) is 12.1 Å². The van der Waals surface area contributed by atoms with Gasteiger partial charge in [0.05, 0.1) is 14.4 Å². The lowest BCUT2D eigenvalue weighted by atomic mass is 10.1. The van der Waals surface area contributed by atoms with Crippen LogP contribution in [-0.4, -0.2) is 20.0 Å². The van der Waals surface area contributed by atoms with E-state index in [1.165, 1.54) is 11.3 Å². The van der Waals surface area contributed by atoms with Gasteiger partial charge in [0.25, 0.3) is 0 Å². The van der Waals surface area contributed by atoms with Crippen LogP contribution in [-0.2, 0) is 15.6 Å². The van der Waals surface area contributed by atoms with Crippen molar-refractivity contribution in [3.63, 3.8) is 0 Å². The first-order valence-corrected chi connectivity index (χ1v) is 9.74. The third-order valence-corrected chi connectivity index (χ3v) is 6.01. The number of benzene rings is 1. The summed E-state index contributed by atoms with van der Waals surface area (Å²) in [6.07, 6.45) is 0. The lowest BCUT2D eigenvalue weighted by Gasteiger charge is -2.06. The van der Waals surface area contributed by atoms with Gasteiger partial charge in [0.1, 0.15) is 5.75 Å². The summed E-state index contributed by atoms with van der Waals surface area (Å²) in [5, 5.41) is 0. The van der Waals surface area contributed by atoms with Crippen LogP contribution in [0.5, 0.6) is 0 Å². The molecule has 0 unspecified atom stereocenters. The van der Waals surface area contributed by atoms with Crippen molar-refractivity contribution in [2.45, 2.75) is 19.6 Å². The molecule has 0 spiro atoms. The summed E-state index contributed by atoms with van der Waals surface area (Å²) >= 11 is 4.52. The molecule has 1 aromatic heterocycles. The predicted octanol–water partition coefficient (Wildman–Crippen LogP) is 3.93. The van der Waals surface area contributed by atoms with Gasteiger partial charge in [0.15, 0.2) is 15.6 Å². The minimum Gasteiger partial charge on any atom is -0.292 e. The topological polar surface area (TPSA) is 51.2 Å². The van der Waals surface area contributed by atoms with Crippen molar-refractivity contribution in [3.05, 3.63) is 55.7 Å². The van der Waals surface area contributed by atoms with Crippen LogP contribution in [0.15, 0.2) is 34.1 Å². The molecule has 2 rings (SSSR count). The number of thiophene rings is 1. The zero-order chi connectivity index (χ0) is 15.6. The number of carbonyl (C=O) groups is 1. The van der Waals surface area contributed by atoms with Crippen molar-refractivity contribution in [1.29, 1.82) is 0 Å². The molecule has 1 aromatic carbocycles. The molecule has 0 saturated heterocycles. The Bertz CT molecular complexity index is 756. The Morgan fingerprint density at radius 3 is 2.29 bits per heavy atom. The quantitative estimate of drug-likeness (QED) is 0.731. The van der Waals surface area contributed by atoms with Gasteiger partial charge < -0.3 is 0 Å². The molecule has 0 aliphatic heterocycles. The molecule has 0 amide bonds. The summed E-state index contributed by atoms with van der Waals surface area (Å²) in [7, 11) is -3.46. The van der Waals surface area contributed by atoms with Crippen molar-refractivity contribution in [2.75, 3.05) is 5.75 Å². The summed E-state index contributed by atoms with van der Waals surface area (Å²) in [6.45, 7) is 3.86. The second-order valence-corrected chi connectivity index (χ2v) is 9.58. The summed E-state index contributed by atoms with van der Waals surface area (Å²) in [5.41, 5.74) is 2.77. The first-order valence-electron chi connectivity index (χ1n) is 6.31. The number of ketones is 1. The van der Waals surface area contributed by atoms with E-state index in [-0.39, 0.29) is 11.5 Å². The third-order valence-electron chi connectivity index (χ3n) is 2.87. The van der Waals surface area contributed by atoms with Crippen LogP contribution in [0.25, 0.3) is 0 Å². The Labute approximate surface area is 137 Å². The van der Waals surface area contributed by atoms with Gasteiger partial charge in [-0.3, -0.25) is 4.79 Å². The molecular formula is C15H15BrO3S2. The maximum atomic E-state index is 12.2. The van der Waals surface area contributed by atoms with Crippen molar-refractivity contribution < 1.29 is 13.2 Å². The van der Waals surface area contributed by atoms with Crippen LogP contribution in [0.2, 0.25) is 0 Å². The maximum Gasteiger partial charge on any atom is 0.187 e. The van der Waals surface area contributed by atoms with E-state index in [4.69, 9.17) is 0 Å². The number of halogens is 1. The first kappa shape index (κ1) is 16.4. The van der Waals surface area contributed by atoms with E-state index >= 15 is 0 Å². The summed E-state index contributed by atoms with van der Waals surface area (Å²) in [6, 6.07) is 9.07. The highest BCUT2D eigenvalue weighted by molar-refractivity contribution is 9.11. The molecular weight excluding hydrogens is 372 g/mol. The fraction of sp³-hybridized carbons (Fsp3) is 0.267. The van der Waals surface area contributed by atoms with Crippen molar-refractivity contribution in [2.24, 2.45) is 0 Å². The molecule has 0 bridgehead atoms. The van der Waals surface area contributed by atoms with E-state index in [2.05, 4.69) is 15.9 Å². The fourth-order valence-corrected chi connectivity index (χ4v) is 4.94. The van der Waals surface area contributed by atoms with Crippen LogP contribution < -0.4 is 0 Å². The molecule has 6 heteroatoms. The smallest absolute Gasteiger partial charge is 0.187 e. The average Bonchev–Trinajstić information content (AvgIpc) is 2.72.